The second-order valence-electron chi connectivity index (χ2n) is 4.65. The maximum atomic E-state index is 10.3. The van der Waals surface area contributed by atoms with Crippen molar-refractivity contribution in [2.24, 2.45) is 11.3 Å². The molecule has 0 bridgehead atoms. The molecule has 1 aromatic heterocycles. The number of hydrogen-bond acceptors (Lipinski definition) is 3. The summed E-state index contributed by atoms with van der Waals surface area (Å²) in [6, 6.07) is 4.03. The first kappa shape index (κ1) is 11.7. The summed E-state index contributed by atoms with van der Waals surface area (Å²) in [5, 5.41) is 19.6. The Kier molecular flexibility index (Phi) is 3.09. The van der Waals surface area contributed by atoms with Crippen LogP contribution < -0.4 is 0 Å². The molecule has 0 aromatic carbocycles. The summed E-state index contributed by atoms with van der Waals surface area (Å²) >= 11 is 3.32. The Morgan fingerprint density at radius 1 is 1.75 bits per heavy atom. The van der Waals surface area contributed by atoms with Crippen LogP contribution in [0.15, 0.2) is 21.2 Å². The number of aliphatic hydroxyl groups is 1. The molecule has 3 atom stereocenters. The zero-order valence-corrected chi connectivity index (χ0v) is 10.7. The van der Waals surface area contributed by atoms with Crippen molar-refractivity contribution < 1.29 is 9.52 Å². The lowest BCUT2D eigenvalue weighted by atomic mass is 9.80. The van der Waals surface area contributed by atoms with Gasteiger partial charge >= 0.3 is 0 Å². The van der Waals surface area contributed by atoms with Gasteiger partial charge < -0.3 is 9.52 Å². The van der Waals surface area contributed by atoms with Crippen LogP contribution in [0.2, 0.25) is 0 Å². The maximum Gasteiger partial charge on any atom is 0.148 e. The molecule has 1 aliphatic carbocycles. The van der Waals surface area contributed by atoms with Gasteiger partial charge in [-0.2, -0.15) is 5.26 Å². The Morgan fingerprint density at radius 3 is 2.94 bits per heavy atom. The highest BCUT2D eigenvalue weighted by Crippen LogP contribution is 2.50. The van der Waals surface area contributed by atoms with E-state index >= 15 is 0 Å². The van der Waals surface area contributed by atoms with E-state index in [0.29, 0.717) is 11.7 Å². The third-order valence-electron chi connectivity index (χ3n) is 3.44. The minimum Gasteiger partial charge on any atom is -0.465 e. The van der Waals surface area contributed by atoms with Gasteiger partial charge in [-0.05, 0) is 47.2 Å². The van der Waals surface area contributed by atoms with Crippen molar-refractivity contribution in [2.45, 2.75) is 32.3 Å². The monoisotopic (exact) mass is 283 g/mol. The summed E-state index contributed by atoms with van der Waals surface area (Å²) in [5.41, 5.74) is -0.681. The summed E-state index contributed by atoms with van der Waals surface area (Å²) < 4.78 is 5.98. The van der Waals surface area contributed by atoms with Gasteiger partial charge in [0.15, 0.2) is 0 Å². The molecule has 3 unspecified atom stereocenters. The maximum absolute atomic E-state index is 10.3. The number of halogens is 1. The van der Waals surface area contributed by atoms with Crippen LogP contribution in [0.4, 0.5) is 0 Å². The van der Waals surface area contributed by atoms with Gasteiger partial charge in [-0.3, -0.25) is 0 Å². The van der Waals surface area contributed by atoms with Gasteiger partial charge in [0.2, 0.25) is 0 Å². The van der Waals surface area contributed by atoms with Crippen LogP contribution in [0.1, 0.15) is 38.1 Å². The molecule has 1 saturated carbocycles. The number of nitrogens with zero attached hydrogens (tertiary/aromatic N) is 1. The average Bonchev–Trinajstić information content (AvgIpc) is 2.84. The molecule has 0 spiro atoms. The Labute approximate surface area is 103 Å². The standard InChI is InChI=1S/C12H14BrNO2/c1-8-2-4-12(6-8,7-14)11(15)10-9(13)3-5-16-10/h3,5,8,11,15H,2,4,6H2,1H3. The van der Waals surface area contributed by atoms with E-state index < -0.39 is 11.5 Å². The summed E-state index contributed by atoms with van der Waals surface area (Å²) in [4.78, 5) is 0. The fourth-order valence-electron chi connectivity index (χ4n) is 2.49. The third kappa shape index (κ3) is 1.79. The SMILES string of the molecule is CC1CCC(C#N)(C(O)c2occc2Br)C1. The van der Waals surface area contributed by atoms with Gasteiger partial charge in [0, 0.05) is 0 Å². The smallest absolute Gasteiger partial charge is 0.148 e. The van der Waals surface area contributed by atoms with Crippen LogP contribution in [-0.2, 0) is 0 Å². The summed E-state index contributed by atoms with van der Waals surface area (Å²) in [7, 11) is 0. The topological polar surface area (TPSA) is 57.2 Å². The highest BCUT2D eigenvalue weighted by Gasteiger charge is 2.46. The molecule has 4 heteroatoms. The molecular weight excluding hydrogens is 270 g/mol. The van der Waals surface area contributed by atoms with E-state index in [2.05, 4.69) is 28.9 Å². The van der Waals surface area contributed by atoms with Crippen molar-refractivity contribution in [3.05, 3.63) is 22.6 Å². The van der Waals surface area contributed by atoms with E-state index in [9.17, 15) is 10.4 Å². The van der Waals surface area contributed by atoms with Crippen molar-refractivity contribution in [3.63, 3.8) is 0 Å². The lowest BCUT2D eigenvalue weighted by Crippen LogP contribution is -2.24. The molecule has 2 rings (SSSR count). The minimum atomic E-state index is -0.841. The zero-order chi connectivity index (χ0) is 11.8. The molecular formula is C12H14BrNO2. The van der Waals surface area contributed by atoms with Crippen molar-refractivity contribution in [1.82, 2.24) is 0 Å². The second kappa shape index (κ2) is 4.23. The number of hydrogen-bond donors (Lipinski definition) is 1. The van der Waals surface area contributed by atoms with Crippen molar-refractivity contribution in [1.29, 1.82) is 5.26 Å². The number of aliphatic hydroxyl groups excluding tert-OH is 1. The summed E-state index contributed by atoms with van der Waals surface area (Å²) in [6.45, 7) is 2.11. The second-order valence-corrected chi connectivity index (χ2v) is 5.51. The molecule has 1 aliphatic rings. The van der Waals surface area contributed by atoms with Crippen LogP contribution in [0.3, 0.4) is 0 Å². The van der Waals surface area contributed by atoms with Gasteiger partial charge in [0.1, 0.15) is 11.9 Å². The van der Waals surface area contributed by atoms with Crippen molar-refractivity contribution >= 4 is 15.9 Å². The van der Waals surface area contributed by atoms with Gasteiger partial charge in [-0.25, -0.2) is 0 Å². The summed E-state index contributed by atoms with van der Waals surface area (Å²) in [6.07, 6.45) is 3.14. The predicted octanol–water partition coefficient (Wildman–Crippen LogP) is 3.41. The predicted molar refractivity (Wildman–Crippen MR) is 62.4 cm³/mol. The van der Waals surface area contributed by atoms with Crippen LogP contribution in [0.5, 0.6) is 0 Å². The lowest BCUT2D eigenvalue weighted by Gasteiger charge is -2.25. The number of nitriles is 1. The van der Waals surface area contributed by atoms with Crippen LogP contribution in [0.25, 0.3) is 0 Å². The van der Waals surface area contributed by atoms with Gasteiger partial charge in [-0.15, -0.1) is 0 Å². The minimum absolute atomic E-state index is 0.468. The fourth-order valence-corrected chi connectivity index (χ4v) is 2.91. The van der Waals surface area contributed by atoms with E-state index in [4.69, 9.17) is 4.42 Å². The van der Waals surface area contributed by atoms with Gasteiger partial charge in [-0.1, -0.05) is 6.92 Å². The first-order valence-corrected chi connectivity index (χ1v) is 6.20. The molecule has 0 amide bonds. The largest absolute Gasteiger partial charge is 0.465 e. The van der Waals surface area contributed by atoms with E-state index in [0.717, 1.165) is 23.7 Å². The molecule has 86 valence electrons. The molecule has 1 fully saturated rings. The molecule has 0 radical (unpaired) electrons. The molecule has 0 saturated heterocycles. The van der Waals surface area contributed by atoms with E-state index in [1.165, 1.54) is 6.26 Å². The zero-order valence-electron chi connectivity index (χ0n) is 9.11. The highest BCUT2D eigenvalue weighted by molar-refractivity contribution is 9.10. The Morgan fingerprint density at radius 2 is 2.50 bits per heavy atom. The van der Waals surface area contributed by atoms with Crippen molar-refractivity contribution in [2.75, 3.05) is 0 Å². The Bertz CT molecular complexity index is 423. The molecule has 0 aliphatic heterocycles. The van der Waals surface area contributed by atoms with Gasteiger partial charge in [0.25, 0.3) is 0 Å². The van der Waals surface area contributed by atoms with E-state index in [-0.39, 0.29) is 0 Å². The van der Waals surface area contributed by atoms with Crippen LogP contribution >= 0.6 is 15.9 Å². The molecule has 16 heavy (non-hydrogen) atoms. The molecule has 1 heterocycles. The molecule has 3 nitrogen and oxygen atoms in total. The van der Waals surface area contributed by atoms with Crippen LogP contribution in [-0.4, -0.2) is 5.11 Å². The van der Waals surface area contributed by atoms with Crippen LogP contribution in [0, 0.1) is 22.7 Å². The third-order valence-corrected chi connectivity index (χ3v) is 4.09. The van der Waals surface area contributed by atoms with Crippen molar-refractivity contribution in [3.8, 4) is 6.07 Å². The first-order valence-electron chi connectivity index (χ1n) is 5.41. The Balaban J connectivity index is 2.30. The van der Waals surface area contributed by atoms with Gasteiger partial charge in [0.05, 0.1) is 22.2 Å². The quantitative estimate of drug-likeness (QED) is 0.905. The summed E-state index contributed by atoms with van der Waals surface area (Å²) in [5.74, 6) is 0.957. The molecule has 1 N–H and O–H groups in total. The Hall–Kier alpha value is -0.790. The molecule has 1 aromatic rings. The van der Waals surface area contributed by atoms with E-state index in [1.54, 1.807) is 6.07 Å². The number of rotatable bonds is 2. The number of furan rings is 1. The normalized spacial score (nSPS) is 31.2. The highest BCUT2D eigenvalue weighted by atomic mass is 79.9. The lowest BCUT2D eigenvalue weighted by molar-refractivity contribution is 0.0448. The average molecular weight is 284 g/mol. The fraction of sp³-hybridized carbons (Fsp3) is 0.583. The first-order chi connectivity index (χ1) is 7.59. The van der Waals surface area contributed by atoms with E-state index in [1.807, 2.05) is 0 Å².